The molecule has 0 heterocycles. The number of benzene rings is 1. The number of hydrogen-bond acceptors (Lipinski definition) is 2. The van der Waals surface area contributed by atoms with Gasteiger partial charge in [0.1, 0.15) is 11.9 Å². The zero-order chi connectivity index (χ0) is 15.0. The Morgan fingerprint density at radius 1 is 1.30 bits per heavy atom. The molecular weight excluding hydrogens is 257 g/mol. The van der Waals surface area contributed by atoms with Crippen molar-refractivity contribution in [3.8, 4) is 0 Å². The smallest absolute Gasteiger partial charge is 0.320 e. The predicted octanol–water partition coefficient (Wildman–Crippen LogP) is 3.38. The molecule has 0 aliphatic carbocycles. The summed E-state index contributed by atoms with van der Waals surface area (Å²) in [5, 5.41) is 12.3. The van der Waals surface area contributed by atoms with Crippen LogP contribution in [0.5, 0.6) is 0 Å². The minimum Gasteiger partial charge on any atom is -0.480 e. The first-order valence-corrected chi connectivity index (χ1v) is 7.26. The Morgan fingerprint density at radius 2 is 1.95 bits per heavy atom. The van der Waals surface area contributed by atoms with Gasteiger partial charge in [-0.3, -0.25) is 4.79 Å². The molecule has 1 aromatic carbocycles. The number of aryl methyl sites for hydroxylation is 1. The maximum atomic E-state index is 12.8. The molecule has 1 aromatic rings. The first kappa shape index (κ1) is 16.6. The summed E-state index contributed by atoms with van der Waals surface area (Å²) in [6.45, 7) is 4.04. The van der Waals surface area contributed by atoms with E-state index in [-0.39, 0.29) is 11.9 Å². The van der Waals surface area contributed by atoms with E-state index < -0.39 is 12.0 Å². The normalized spacial score (nSPS) is 13.9. The van der Waals surface area contributed by atoms with Crippen LogP contribution in [0, 0.1) is 5.82 Å². The first-order valence-electron chi connectivity index (χ1n) is 7.26. The second-order valence-corrected chi connectivity index (χ2v) is 5.27. The van der Waals surface area contributed by atoms with Crippen molar-refractivity contribution >= 4 is 5.97 Å². The van der Waals surface area contributed by atoms with Crippen molar-refractivity contribution in [2.75, 3.05) is 0 Å². The van der Waals surface area contributed by atoms with Gasteiger partial charge in [0, 0.05) is 6.04 Å². The number of halogens is 1. The van der Waals surface area contributed by atoms with E-state index in [4.69, 9.17) is 5.11 Å². The lowest BCUT2D eigenvalue weighted by Crippen LogP contribution is -2.42. The molecule has 0 aliphatic rings. The third-order valence-corrected chi connectivity index (χ3v) is 3.41. The number of carboxylic acid groups (broad SMARTS) is 1. The summed E-state index contributed by atoms with van der Waals surface area (Å²) in [4.78, 5) is 11.1. The summed E-state index contributed by atoms with van der Waals surface area (Å²) in [6.07, 6.45) is 4.22. The van der Waals surface area contributed by atoms with Gasteiger partial charge in [0.2, 0.25) is 0 Å². The molecule has 0 saturated carbocycles. The molecule has 4 heteroatoms. The number of nitrogens with one attached hydrogen (secondary N) is 1. The number of hydrogen-bond donors (Lipinski definition) is 2. The summed E-state index contributed by atoms with van der Waals surface area (Å²) in [5.41, 5.74) is 1.07. The number of aliphatic carboxylic acids is 1. The van der Waals surface area contributed by atoms with Gasteiger partial charge in [-0.1, -0.05) is 31.9 Å². The van der Waals surface area contributed by atoms with E-state index in [0.29, 0.717) is 6.42 Å². The summed E-state index contributed by atoms with van der Waals surface area (Å²) < 4.78 is 12.8. The lowest BCUT2D eigenvalue weighted by Gasteiger charge is -2.20. The maximum absolute atomic E-state index is 12.8. The number of unbranched alkanes of at least 4 members (excludes halogenated alkanes) is 1. The van der Waals surface area contributed by atoms with Crippen molar-refractivity contribution in [1.82, 2.24) is 5.32 Å². The molecule has 0 aliphatic heterocycles. The van der Waals surface area contributed by atoms with Crippen LogP contribution < -0.4 is 5.32 Å². The van der Waals surface area contributed by atoms with Crippen molar-refractivity contribution in [3.05, 3.63) is 35.6 Å². The van der Waals surface area contributed by atoms with Gasteiger partial charge in [-0.05, 0) is 43.9 Å². The largest absolute Gasteiger partial charge is 0.480 e. The van der Waals surface area contributed by atoms with Crippen LogP contribution in [0.15, 0.2) is 24.3 Å². The molecule has 0 amide bonds. The van der Waals surface area contributed by atoms with E-state index in [1.54, 1.807) is 12.1 Å². The Kier molecular flexibility index (Phi) is 7.23. The molecule has 0 fully saturated rings. The SMILES string of the molecule is CCCCC(NC(C)CCc1ccc(F)cc1)C(=O)O. The minimum atomic E-state index is -0.785. The van der Waals surface area contributed by atoms with E-state index in [0.717, 1.165) is 31.2 Å². The van der Waals surface area contributed by atoms with Crippen LogP contribution in [0.1, 0.15) is 45.1 Å². The second-order valence-electron chi connectivity index (χ2n) is 5.27. The van der Waals surface area contributed by atoms with Crippen LogP contribution in [0.2, 0.25) is 0 Å². The molecule has 0 radical (unpaired) electrons. The van der Waals surface area contributed by atoms with Crippen molar-refractivity contribution in [2.45, 2.75) is 58.0 Å². The third kappa shape index (κ3) is 6.15. The van der Waals surface area contributed by atoms with Crippen molar-refractivity contribution in [2.24, 2.45) is 0 Å². The molecule has 112 valence electrons. The van der Waals surface area contributed by atoms with Crippen molar-refractivity contribution < 1.29 is 14.3 Å². The molecule has 0 bridgehead atoms. The van der Waals surface area contributed by atoms with Crippen LogP contribution in [0.3, 0.4) is 0 Å². The molecule has 2 unspecified atom stereocenters. The fourth-order valence-electron chi connectivity index (χ4n) is 2.15. The topological polar surface area (TPSA) is 49.3 Å². The van der Waals surface area contributed by atoms with E-state index in [9.17, 15) is 9.18 Å². The zero-order valence-corrected chi connectivity index (χ0v) is 12.2. The highest BCUT2D eigenvalue weighted by molar-refractivity contribution is 5.73. The zero-order valence-electron chi connectivity index (χ0n) is 12.2. The summed E-state index contributed by atoms with van der Waals surface area (Å²) >= 11 is 0. The summed E-state index contributed by atoms with van der Waals surface area (Å²) in [7, 11) is 0. The Morgan fingerprint density at radius 3 is 2.50 bits per heavy atom. The lowest BCUT2D eigenvalue weighted by molar-refractivity contribution is -0.139. The molecule has 3 nitrogen and oxygen atoms in total. The Balaban J connectivity index is 2.39. The van der Waals surface area contributed by atoms with Crippen LogP contribution in [0.25, 0.3) is 0 Å². The average Bonchev–Trinajstić information content (AvgIpc) is 2.42. The van der Waals surface area contributed by atoms with Gasteiger partial charge >= 0.3 is 5.97 Å². The fourth-order valence-corrected chi connectivity index (χ4v) is 2.15. The number of carboxylic acids is 1. The Bertz CT molecular complexity index is 405. The van der Waals surface area contributed by atoms with E-state index in [2.05, 4.69) is 12.2 Å². The van der Waals surface area contributed by atoms with Gasteiger partial charge in [-0.15, -0.1) is 0 Å². The third-order valence-electron chi connectivity index (χ3n) is 3.41. The highest BCUT2D eigenvalue weighted by Crippen LogP contribution is 2.09. The second kappa shape index (κ2) is 8.69. The monoisotopic (exact) mass is 281 g/mol. The summed E-state index contributed by atoms with van der Waals surface area (Å²) in [6, 6.07) is 6.10. The molecule has 0 saturated heterocycles. The van der Waals surface area contributed by atoms with Crippen molar-refractivity contribution in [3.63, 3.8) is 0 Å². The van der Waals surface area contributed by atoms with Crippen LogP contribution in [0.4, 0.5) is 4.39 Å². The summed E-state index contributed by atoms with van der Waals surface area (Å²) in [5.74, 6) is -1.02. The van der Waals surface area contributed by atoms with E-state index in [1.807, 2.05) is 6.92 Å². The van der Waals surface area contributed by atoms with Gasteiger partial charge in [0.05, 0.1) is 0 Å². The number of carbonyl (C=O) groups is 1. The van der Waals surface area contributed by atoms with Crippen LogP contribution in [-0.4, -0.2) is 23.2 Å². The predicted molar refractivity (Wildman–Crippen MR) is 78.3 cm³/mol. The molecule has 20 heavy (non-hydrogen) atoms. The molecule has 0 spiro atoms. The van der Waals surface area contributed by atoms with Gasteiger partial charge in [0.25, 0.3) is 0 Å². The molecular formula is C16H24FNO2. The first-order chi connectivity index (χ1) is 9.52. The van der Waals surface area contributed by atoms with Gasteiger partial charge in [-0.25, -0.2) is 4.39 Å². The number of rotatable bonds is 9. The highest BCUT2D eigenvalue weighted by Gasteiger charge is 2.18. The molecule has 1 rings (SSSR count). The maximum Gasteiger partial charge on any atom is 0.320 e. The van der Waals surface area contributed by atoms with E-state index >= 15 is 0 Å². The molecule has 2 atom stereocenters. The Hall–Kier alpha value is -1.42. The van der Waals surface area contributed by atoms with Gasteiger partial charge in [-0.2, -0.15) is 0 Å². The fraction of sp³-hybridized carbons (Fsp3) is 0.562. The molecule has 2 N–H and O–H groups in total. The van der Waals surface area contributed by atoms with Crippen LogP contribution >= 0.6 is 0 Å². The lowest BCUT2D eigenvalue weighted by atomic mass is 10.0. The standard InChI is InChI=1S/C16H24FNO2/c1-3-4-5-15(16(19)20)18-12(2)6-7-13-8-10-14(17)11-9-13/h8-12,15,18H,3-7H2,1-2H3,(H,19,20). The minimum absolute atomic E-state index is 0.123. The van der Waals surface area contributed by atoms with Crippen molar-refractivity contribution in [1.29, 1.82) is 0 Å². The highest BCUT2D eigenvalue weighted by atomic mass is 19.1. The molecule has 0 aromatic heterocycles. The van der Waals surface area contributed by atoms with Gasteiger partial charge in [0.15, 0.2) is 0 Å². The Labute approximate surface area is 120 Å². The quantitative estimate of drug-likeness (QED) is 0.729. The van der Waals surface area contributed by atoms with Gasteiger partial charge < -0.3 is 10.4 Å². The van der Waals surface area contributed by atoms with E-state index in [1.165, 1.54) is 12.1 Å². The average molecular weight is 281 g/mol. The van der Waals surface area contributed by atoms with Crippen LogP contribution in [-0.2, 0) is 11.2 Å².